The number of hydrogen-bond donors (Lipinski definition) is 0. The number of hydrogen-bond acceptors (Lipinski definition) is 4. The van der Waals surface area contributed by atoms with Crippen molar-refractivity contribution in [1.29, 1.82) is 0 Å². The van der Waals surface area contributed by atoms with E-state index in [-0.39, 0.29) is 11.6 Å². The summed E-state index contributed by atoms with van der Waals surface area (Å²) in [6.45, 7) is 0.847. The van der Waals surface area contributed by atoms with Crippen LogP contribution in [0.5, 0.6) is 0 Å². The van der Waals surface area contributed by atoms with E-state index in [1.807, 2.05) is 11.9 Å². The number of thioether (sulfide) groups is 1. The molecule has 0 bridgehead atoms. The number of nitro benzene ring substituents is 1. The molecule has 0 unspecified atom stereocenters. The van der Waals surface area contributed by atoms with Crippen molar-refractivity contribution in [3.8, 4) is 0 Å². The van der Waals surface area contributed by atoms with Crippen LogP contribution < -0.4 is 0 Å². The van der Waals surface area contributed by atoms with Crippen molar-refractivity contribution in [3.63, 3.8) is 0 Å². The predicted octanol–water partition coefficient (Wildman–Crippen LogP) is 3.73. The molecule has 0 saturated heterocycles. The normalized spacial score (nSPS) is 15.5. The zero-order chi connectivity index (χ0) is 15.9. The van der Waals surface area contributed by atoms with Gasteiger partial charge in [0.1, 0.15) is 0 Å². The standard InChI is InChI=1S/C16H22N2O3S/c1-17(11-13-5-3-2-4-6-13)16(19)12-22-15-9-7-14(8-10-15)18(20)21/h7-10,13H,2-6,11-12H2,1H3. The minimum Gasteiger partial charge on any atom is -0.345 e. The molecule has 1 amide bonds. The molecular weight excluding hydrogens is 300 g/mol. The van der Waals surface area contributed by atoms with Gasteiger partial charge in [0.25, 0.3) is 5.69 Å². The van der Waals surface area contributed by atoms with Crippen LogP contribution in [-0.2, 0) is 4.79 Å². The Balaban J connectivity index is 1.77. The Morgan fingerprint density at radius 1 is 1.27 bits per heavy atom. The minimum absolute atomic E-state index is 0.0742. The van der Waals surface area contributed by atoms with Crippen LogP contribution in [0, 0.1) is 16.0 Å². The quantitative estimate of drug-likeness (QED) is 0.455. The summed E-state index contributed by atoms with van der Waals surface area (Å²) in [5.74, 6) is 1.14. The van der Waals surface area contributed by atoms with Gasteiger partial charge < -0.3 is 4.90 Å². The van der Waals surface area contributed by atoms with E-state index < -0.39 is 4.92 Å². The lowest BCUT2D eigenvalue weighted by atomic mass is 9.89. The number of amides is 1. The van der Waals surface area contributed by atoms with Crippen LogP contribution in [0.15, 0.2) is 29.2 Å². The number of benzene rings is 1. The van der Waals surface area contributed by atoms with Crippen molar-refractivity contribution in [2.24, 2.45) is 5.92 Å². The maximum absolute atomic E-state index is 12.2. The van der Waals surface area contributed by atoms with Gasteiger partial charge in [0.15, 0.2) is 0 Å². The van der Waals surface area contributed by atoms with E-state index in [1.165, 1.54) is 56.0 Å². The molecule has 0 N–H and O–H groups in total. The number of nitrogens with zero attached hydrogens (tertiary/aromatic N) is 2. The number of carbonyl (C=O) groups excluding carboxylic acids is 1. The molecule has 1 saturated carbocycles. The summed E-state index contributed by atoms with van der Waals surface area (Å²) < 4.78 is 0. The van der Waals surface area contributed by atoms with Crippen molar-refractivity contribution in [2.45, 2.75) is 37.0 Å². The van der Waals surface area contributed by atoms with Crippen molar-refractivity contribution in [3.05, 3.63) is 34.4 Å². The minimum atomic E-state index is -0.419. The van der Waals surface area contributed by atoms with E-state index >= 15 is 0 Å². The maximum atomic E-state index is 12.2. The number of rotatable bonds is 6. The lowest BCUT2D eigenvalue weighted by Crippen LogP contribution is -2.33. The number of non-ortho nitro benzene ring substituents is 1. The lowest BCUT2D eigenvalue weighted by molar-refractivity contribution is -0.384. The summed E-state index contributed by atoms with van der Waals surface area (Å²) in [7, 11) is 1.87. The molecule has 0 atom stereocenters. The highest BCUT2D eigenvalue weighted by molar-refractivity contribution is 8.00. The highest BCUT2D eigenvalue weighted by Crippen LogP contribution is 2.25. The van der Waals surface area contributed by atoms with Gasteiger partial charge in [-0.25, -0.2) is 0 Å². The molecule has 0 spiro atoms. The van der Waals surface area contributed by atoms with Gasteiger partial charge in [0, 0.05) is 30.6 Å². The summed E-state index contributed by atoms with van der Waals surface area (Å²) in [6.07, 6.45) is 6.35. The van der Waals surface area contributed by atoms with Crippen LogP contribution in [0.2, 0.25) is 0 Å². The number of carbonyl (C=O) groups is 1. The molecule has 2 rings (SSSR count). The smallest absolute Gasteiger partial charge is 0.269 e. The molecule has 120 valence electrons. The highest BCUT2D eigenvalue weighted by Gasteiger charge is 2.18. The topological polar surface area (TPSA) is 63.5 Å². The van der Waals surface area contributed by atoms with Crippen LogP contribution in [0.25, 0.3) is 0 Å². The molecule has 1 aliphatic carbocycles. The van der Waals surface area contributed by atoms with Crippen LogP contribution >= 0.6 is 11.8 Å². The molecule has 22 heavy (non-hydrogen) atoms. The molecule has 1 aromatic rings. The Morgan fingerprint density at radius 2 is 1.91 bits per heavy atom. The average Bonchev–Trinajstić information content (AvgIpc) is 2.53. The first-order chi connectivity index (χ1) is 10.6. The highest BCUT2D eigenvalue weighted by atomic mass is 32.2. The summed E-state index contributed by atoms with van der Waals surface area (Å²) in [5.41, 5.74) is 0.0742. The van der Waals surface area contributed by atoms with Gasteiger partial charge in [-0.2, -0.15) is 0 Å². The summed E-state index contributed by atoms with van der Waals surface area (Å²) >= 11 is 1.43. The Bertz CT molecular complexity index is 513. The van der Waals surface area contributed by atoms with Gasteiger partial charge in [-0.15, -0.1) is 11.8 Å². The fourth-order valence-corrected chi connectivity index (χ4v) is 3.62. The van der Waals surface area contributed by atoms with Gasteiger partial charge in [-0.3, -0.25) is 14.9 Å². The maximum Gasteiger partial charge on any atom is 0.269 e. The van der Waals surface area contributed by atoms with E-state index in [0.717, 1.165) is 11.4 Å². The van der Waals surface area contributed by atoms with Crippen molar-refractivity contribution < 1.29 is 9.72 Å². The van der Waals surface area contributed by atoms with Crippen LogP contribution in [0.1, 0.15) is 32.1 Å². The third-order valence-electron chi connectivity index (χ3n) is 4.09. The summed E-state index contributed by atoms with van der Waals surface area (Å²) in [6, 6.07) is 6.32. The van der Waals surface area contributed by atoms with Crippen LogP contribution in [0.4, 0.5) is 5.69 Å². The van der Waals surface area contributed by atoms with Gasteiger partial charge in [0.05, 0.1) is 10.7 Å². The largest absolute Gasteiger partial charge is 0.345 e. The van der Waals surface area contributed by atoms with Crippen molar-refractivity contribution >= 4 is 23.4 Å². The van der Waals surface area contributed by atoms with Crippen LogP contribution in [-0.4, -0.2) is 35.1 Å². The third kappa shape index (κ3) is 5.02. The molecule has 0 aromatic heterocycles. The van der Waals surface area contributed by atoms with E-state index in [9.17, 15) is 14.9 Å². The van der Waals surface area contributed by atoms with Crippen molar-refractivity contribution in [1.82, 2.24) is 4.90 Å². The Labute approximate surface area is 135 Å². The van der Waals surface area contributed by atoms with E-state index in [1.54, 1.807) is 12.1 Å². The molecule has 1 aromatic carbocycles. The predicted molar refractivity (Wildman–Crippen MR) is 88.0 cm³/mol. The zero-order valence-corrected chi connectivity index (χ0v) is 13.7. The Morgan fingerprint density at radius 3 is 2.50 bits per heavy atom. The molecule has 1 fully saturated rings. The summed E-state index contributed by atoms with van der Waals surface area (Å²) in [4.78, 5) is 25.0. The Hall–Kier alpha value is -1.56. The van der Waals surface area contributed by atoms with Gasteiger partial charge in [-0.05, 0) is 30.9 Å². The number of nitro groups is 1. The first-order valence-corrected chi connectivity index (χ1v) is 8.66. The monoisotopic (exact) mass is 322 g/mol. The first-order valence-electron chi connectivity index (χ1n) is 7.67. The summed E-state index contributed by atoms with van der Waals surface area (Å²) in [5, 5.41) is 10.6. The third-order valence-corrected chi connectivity index (χ3v) is 5.09. The van der Waals surface area contributed by atoms with E-state index in [0.29, 0.717) is 11.7 Å². The molecular formula is C16H22N2O3S. The second-order valence-electron chi connectivity index (χ2n) is 5.82. The SMILES string of the molecule is CN(CC1CCCCC1)C(=O)CSc1ccc([N+](=O)[O-])cc1. The molecule has 0 aliphatic heterocycles. The van der Waals surface area contributed by atoms with E-state index in [4.69, 9.17) is 0 Å². The lowest BCUT2D eigenvalue weighted by Gasteiger charge is -2.27. The second-order valence-corrected chi connectivity index (χ2v) is 6.87. The molecule has 5 nitrogen and oxygen atoms in total. The van der Waals surface area contributed by atoms with Gasteiger partial charge in [-0.1, -0.05) is 19.3 Å². The Kier molecular flexibility index (Phi) is 6.24. The van der Waals surface area contributed by atoms with Gasteiger partial charge in [0.2, 0.25) is 5.91 Å². The van der Waals surface area contributed by atoms with Crippen molar-refractivity contribution in [2.75, 3.05) is 19.3 Å². The molecule has 0 heterocycles. The van der Waals surface area contributed by atoms with Crippen LogP contribution in [0.3, 0.4) is 0 Å². The molecule has 0 radical (unpaired) electrons. The van der Waals surface area contributed by atoms with Gasteiger partial charge >= 0.3 is 0 Å². The second kappa shape index (κ2) is 8.17. The molecule has 6 heteroatoms. The fourth-order valence-electron chi connectivity index (χ4n) is 2.78. The molecule has 1 aliphatic rings. The average molecular weight is 322 g/mol. The fraction of sp³-hybridized carbons (Fsp3) is 0.562. The van der Waals surface area contributed by atoms with E-state index in [2.05, 4.69) is 0 Å². The zero-order valence-electron chi connectivity index (χ0n) is 12.9. The first kappa shape index (κ1) is 16.8.